The molecule has 1 fully saturated rings. The van der Waals surface area contributed by atoms with E-state index in [1.165, 1.54) is 17.4 Å². The van der Waals surface area contributed by atoms with Crippen molar-refractivity contribution in [2.45, 2.75) is 25.4 Å². The molecule has 6 nitrogen and oxygen atoms in total. The quantitative estimate of drug-likeness (QED) is 0.700. The third-order valence-corrected chi connectivity index (χ3v) is 7.57. The van der Waals surface area contributed by atoms with Gasteiger partial charge in [0.05, 0.1) is 15.0 Å². The van der Waals surface area contributed by atoms with E-state index in [1.54, 1.807) is 17.0 Å². The molecule has 0 unspecified atom stereocenters. The Morgan fingerprint density at radius 1 is 1.24 bits per heavy atom. The lowest BCUT2D eigenvalue weighted by Crippen LogP contribution is -2.40. The second kappa shape index (κ2) is 8.37. The Kier molecular flexibility index (Phi) is 6.02. The largest absolute Gasteiger partial charge is 0.312 e. The number of fused-ring (bicyclic) bond motifs is 1. The lowest BCUT2D eigenvalue weighted by Gasteiger charge is -2.23. The van der Waals surface area contributed by atoms with Crippen LogP contribution in [0, 0.1) is 0 Å². The van der Waals surface area contributed by atoms with E-state index in [2.05, 4.69) is 10.0 Å². The van der Waals surface area contributed by atoms with E-state index in [4.69, 9.17) is 23.2 Å². The lowest BCUT2D eigenvalue weighted by atomic mass is 10.00. The summed E-state index contributed by atoms with van der Waals surface area (Å²) in [5, 5.41) is 4.85. The van der Waals surface area contributed by atoms with Crippen molar-refractivity contribution in [2.75, 3.05) is 18.0 Å². The third-order valence-electron chi connectivity index (χ3n) is 4.96. The van der Waals surface area contributed by atoms with Crippen molar-refractivity contribution in [3.63, 3.8) is 0 Å². The first-order valence-electron chi connectivity index (χ1n) is 9.11. The van der Waals surface area contributed by atoms with Crippen molar-refractivity contribution in [1.82, 2.24) is 10.0 Å². The van der Waals surface area contributed by atoms with Crippen molar-refractivity contribution in [1.29, 1.82) is 0 Å². The van der Waals surface area contributed by atoms with Gasteiger partial charge >= 0.3 is 0 Å². The number of carbonyl (C=O) groups excluding carboxylic acids is 1. The van der Waals surface area contributed by atoms with Gasteiger partial charge in [-0.1, -0.05) is 23.2 Å². The molecule has 29 heavy (non-hydrogen) atoms. The normalized spacial score (nSPS) is 19.9. The molecule has 10 heteroatoms. The molecule has 1 amide bonds. The summed E-state index contributed by atoms with van der Waals surface area (Å²) in [5.41, 5.74) is 2.94. The van der Waals surface area contributed by atoms with E-state index in [1.807, 2.05) is 12.1 Å². The third kappa shape index (κ3) is 4.68. The number of amides is 1. The Morgan fingerprint density at radius 3 is 2.83 bits per heavy atom. The van der Waals surface area contributed by atoms with E-state index < -0.39 is 16.1 Å². The maximum absolute atomic E-state index is 12.9. The van der Waals surface area contributed by atoms with Crippen molar-refractivity contribution in [3.8, 4) is 0 Å². The van der Waals surface area contributed by atoms with Gasteiger partial charge in [-0.15, -0.1) is 11.3 Å². The van der Waals surface area contributed by atoms with Crippen LogP contribution in [0.4, 0.5) is 5.69 Å². The molecule has 2 aromatic rings. The molecule has 2 aliphatic heterocycles. The fourth-order valence-electron chi connectivity index (χ4n) is 3.54. The van der Waals surface area contributed by atoms with Crippen LogP contribution in [-0.4, -0.2) is 33.5 Å². The van der Waals surface area contributed by atoms with Crippen LogP contribution in [-0.2, 0) is 27.8 Å². The predicted octanol–water partition coefficient (Wildman–Crippen LogP) is 3.40. The summed E-state index contributed by atoms with van der Waals surface area (Å²) in [7, 11) is -3.77. The van der Waals surface area contributed by atoms with E-state index in [0.717, 1.165) is 40.9 Å². The topological polar surface area (TPSA) is 78.5 Å². The highest BCUT2D eigenvalue weighted by molar-refractivity contribution is 7.92. The first kappa shape index (κ1) is 20.8. The molecule has 1 aromatic carbocycles. The summed E-state index contributed by atoms with van der Waals surface area (Å²) in [4.78, 5) is 15.2. The summed E-state index contributed by atoms with van der Waals surface area (Å²) in [6, 6.07) is 6.45. The molecular weight excluding hydrogens is 453 g/mol. The molecule has 0 aliphatic carbocycles. The molecule has 0 spiro atoms. The van der Waals surface area contributed by atoms with Crippen LogP contribution < -0.4 is 14.9 Å². The Balaban J connectivity index is 1.48. The molecule has 0 saturated carbocycles. The maximum Gasteiger partial charge on any atom is 0.245 e. The number of halogens is 2. The highest BCUT2D eigenvalue weighted by atomic mass is 35.5. The fraction of sp³-hybridized carbons (Fsp3) is 0.316. The molecule has 0 bridgehead atoms. The summed E-state index contributed by atoms with van der Waals surface area (Å²) in [6.45, 7) is 2.05. The maximum atomic E-state index is 12.9. The zero-order chi connectivity index (χ0) is 20.6. The minimum absolute atomic E-state index is 0.295. The smallest absolute Gasteiger partial charge is 0.245 e. The molecule has 154 valence electrons. The zero-order valence-electron chi connectivity index (χ0n) is 15.3. The number of thiophene rings is 1. The van der Waals surface area contributed by atoms with Gasteiger partial charge in [0.15, 0.2) is 0 Å². The second-order valence-corrected chi connectivity index (χ2v) is 10.7. The second-order valence-electron chi connectivity index (χ2n) is 6.94. The number of nitrogens with one attached hydrogen (secondary N) is 2. The molecule has 1 aromatic heterocycles. The van der Waals surface area contributed by atoms with Crippen molar-refractivity contribution >= 4 is 62.2 Å². The number of benzene rings is 1. The van der Waals surface area contributed by atoms with Crippen LogP contribution in [0.15, 0.2) is 29.7 Å². The number of sulfonamides is 1. The van der Waals surface area contributed by atoms with Gasteiger partial charge in [-0.05, 0) is 60.9 Å². The van der Waals surface area contributed by atoms with Crippen LogP contribution in [0.25, 0.3) is 6.08 Å². The summed E-state index contributed by atoms with van der Waals surface area (Å²) < 4.78 is 27.8. The number of anilines is 1. The van der Waals surface area contributed by atoms with Gasteiger partial charge in [0, 0.05) is 23.4 Å². The molecule has 1 saturated heterocycles. The highest BCUT2D eigenvalue weighted by Gasteiger charge is 2.36. The number of rotatable bonds is 5. The van der Waals surface area contributed by atoms with Gasteiger partial charge in [-0.2, -0.15) is 4.72 Å². The minimum atomic E-state index is -3.77. The van der Waals surface area contributed by atoms with Gasteiger partial charge in [0.2, 0.25) is 15.9 Å². The SMILES string of the molecule is O=C1[C@@H](NS(=O)(=O)/C=C/c2ccc(Cl)s2)CCN1c1cc2c(cc1Cl)CNCC2. The molecular formula is C19H19Cl2N3O3S2. The Hall–Kier alpha value is -1.42. The standard InChI is InChI=1S/C19H19Cl2N3O3S2/c20-15-9-13-11-22-6-3-12(13)10-17(15)24-7-4-16(19(24)25)23-29(26,27)8-5-14-1-2-18(21)28-14/h1-2,5,8-10,16,22-23H,3-4,6-7,11H2/b8-5+/t16-/m0/s1. The minimum Gasteiger partial charge on any atom is -0.312 e. The van der Waals surface area contributed by atoms with E-state index in [-0.39, 0.29) is 5.91 Å². The molecule has 2 aliphatic rings. The van der Waals surface area contributed by atoms with Crippen LogP contribution in [0.3, 0.4) is 0 Å². The molecule has 1 atom stereocenters. The zero-order valence-corrected chi connectivity index (χ0v) is 18.5. The molecule has 3 heterocycles. The Labute approximate surface area is 183 Å². The van der Waals surface area contributed by atoms with Crippen molar-refractivity contribution < 1.29 is 13.2 Å². The van der Waals surface area contributed by atoms with Gasteiger partial charge in [-0.25, -0.2) is 8.42 Å². The van der Waals surface area contributed by atoms with Gasteiger partial charge in [0.25, 0.3) is 0 Å². The monoisotopic (exact) mass is 471 g/mol. The summed E-state index contributed by atoms with van der Waals surface area (Å²) >= 11 is 13.6. The molecule has 2 N–H and O–H groups in total. The van der Waals surface area contributed by atoms with Crippen LogP contribution in [0.5, 0.6) is 0 Å². The van der Waals surface area contributed by atoms with Crippen LogP contribution >= 0.6 is 34.5 Å². The first-order chi connectivity index (χ1) is 13.8. The van der Waals surface area contributed by atoms with Gasteiger partial charge < -0.3 is 10.2 Å². The highest BCUT2D eigenvalue weighted by Crippen LogP contribution is 2.33. The number of nitrogens with zero attached hydrogens (tertiary/aromatic N) is 1. The van der Waals surface area contributed by atoms with E-state index >= 15 is 0 Å². The number of hydrogen-bond acceptors (Lipinski definition) is 5. The lowest BCUT2D eigenvalue weighted by molar-refractivity contribution is -0.118. The first-order valence-corrected chi connectivity index (χ1v) is 12.2. The van der Waals surface area contributed by atoms with E-state index in [9.17, 15) is 13.2 Å². The Morgan fingerprint density at radius 2 is 2.07 bits per heavy atom. The molecule has 4 rings (SSSR count). The van der Waals surface area contributed by atoms with Crippen molar-refractivity contribution in [2.24, 2.45) is 0 Å². The number of carbonyl (C=O) groups is 1. The average molecular weight is 472 g/mol. The van der Waals surface area contributed by atoms with Gasteiger partial charge in [0.1, 0.15) is 6.04 Å². The number of hydrogen-bond donors (Lipinski definition) is 2. The van der Waals surface area contributed by atoms with E-state index in [0.29, 0.717) is 28.0 Å². The molecule has 0 radical (unpaired) electrons. The summed E-state index contributed by atoms with van der Waals surface area (Å²) in [5.74, 6) is -0.295. The average Bonchev–Trinajstić information content (AvgIpc) is 3.25. The van der Waals surface area contributed by atoms with Gasteiger partial charge in [-0.3, -0.25) is 4.79 Å². The van der Waals surface area contributed by atoms with Crippen LogP contribution in [0.1, 0.15) is 22.4 Å². The van der Waals surface area contributed by atoms with Crippen LogP contribution in [0.2, 0.25) is 9.36 Å². The fourth-order valence-corrected chi connectivity index (χ4v) is 5.89. The predicted molar refractivity (Wildman–Crippen MR) is 118 cm³/mol. The summed E-state index contributed by atoms with van der Waals surface area (Å²) in [6.07, 6.45) is 2.71. The van der Waals surface area contributed by atoms with Crippen molar-refractivity contribution in [3.05, 3.63) is 55.0 Å². The Bertz CT molecular complexity index is 1080.